The molecule has 2 aromatic carbocycles. The normalized spacial score (nSPS) is 26.2. The topological polar surface area (TPSA) is 58.7 Å². The number of hydrogen-bond acceptors (Lipinski definition) is 4. The van der Waals surface area contributed by atoms with Crippen LogP contribution in [0.5, 0.6) is 5.75 Å². The summed E-state index contributed by atoms with van der Waals surface area (Å²) < 4.78 is 6.32. The summed E-state index contributed by atoms with van der Waals surface area (Å²) in [4.78, 5) is 2.57. The zero-order valence-corrected chi connectivity index (χ0v) is 18.5. The lowest BCUT2D eigenvalue weighted by Crippen LogP contribution is -2.46. The number of fused-ring (bicyclic) bond motifs is 6. The first kappa shape index (κ1) is 20.6. The molecule has 2 aromatic rings. The number of aryl methyl sites for hydroxylation is 1. The van der Waals surface area contributed by atoms with Crippen molar-refractivity contribution in [1.29, 1.82) is 0 Å². The molecular formula is C27H34N2O2. The molecule has 0 amide bonds. The van der Waals surface area contributed by atoms with Crippen LogP contribution in [0.15, 0.2) is 54.3 Å². The molecule has 0 radical (unpaired) electrons. The Morgan fingerprint density at radius 1 is 1.16 bits per heavy atom. The Kier molecular flexibility index (Phi) is 5.77. The Balaban J connectivity index is 1.33. The van der Waals surface area contributed by atoms with Crippen molar-refractivity contribution < 1.29 is 9.84 Å². The summed E-state index contributed by atoms with van der Waals surface area (Å²) in [5, 5.41) is 10.9. The number of nitrogens with two attached hydrogens (primary N) is 1. The molecule has 0 saturated carbocycles. The summed E-state index contributed by atoms with van der Waals surface area (Å²) >= 11 is 0. The molecule has 0 aromatic heterocycles. The third kappa shape index (κ3) is 4.11. The van der Waals surface area contributed by atoms with E-state index >= 15 is 0 Å². The molecule has 5 rings (SSSR count). The maximum absolute atomic E-state index is 10.9. The lowest BCUT2D eigenvalue weighted by atomic mass is 9.77. The van der Waals surface area contributed by atoms with Gasteiger partial charge in [-0.1, -0.05) is 36.4 Å². The van der Waals surface area contributed by atoms with Gasteiger partial charge in [0.05, 0.1) is 11.9 Å². The predicted molar refractivity (Wildman–Crippen MR) is 125 cm³/mol. The average molecular weight is 419 g/mol. The number of benzene rings is 2. The first-order valence-electron chi connectivity index (χ1n) is 11.9. The molecular weight excluding hydrogens is 384 g/mol. The standard InChI is InChI=1S/C27H34N2O2/c1-18(7-5-10-19-8-3-2-4-9-19)31-21-12-13-22-23(17-21)27-25(15-20(28)16-26(27)30)29-14-6-11-24(22)29/h2-4,8-9,12-13,17-18,20,24-25,30H,5-7,10-11,14-16,28H2,1H3. The Morgan fingerprint density at radius 2 is 2.00 bits per heavy atom. The maximum Gasteiger partial charge on any atom is 0.120 e. The van der Waals surface area contributed by atoms with Gasteiger partial charge in [0, 0.05) is 30.1 Å². The molecule has 4 heteroatoms. The number of aliphatic hydroxyl groups excluding tert-OH is 1. The summed E-state index contributed by atoms with van der Waals surface area (Å²) in [6, 6.07) is 17.9. The van der Waals surface area contributed by atoms with E-state index in [1.54, 1.807) is 0 Å². The van der Waals surface area contributed by atoms with E-state index in [1.807, 2.05) is 0 Å². The van der Waals surface area contributed by atoms with E-state index in [4.69, 9.17) is 10.5 Å². The lowest BCUT2D eigenvalue weighted by Gasteiger charge is -2.44. The Labute approximate surface area is 185 Å². The monoisotopic (exact) mass is 418 g/mol. The number of ether oxygens (including phenoxy) is 1. The first-order chi connectivity index (χ1) is 15.1. The van der Waals surface area contributed by atoms with E-state index in [-0.39, 0.29) is 18.2 Å². The minimum atomic E-state index is 0.0422. The highest BCUT2D eigenvalue weighted by Crippen LogP contribution is 2.49. The van der Waals surface area contributed by atoms with Gasteiger partial charge in [-0.3, -0.25) is 4.90 Å². The molecule has 4 unspecified atom stereocenters. The predicted octanol–water partition coefficient (Wildman–Crippen LogP) is 5.39. The first-order valence-corrected chi connectivity index (χ1v) is 11.9. The van der Waals surface area contributed by atoms with Crippen LogP contribution in [0, 0.1) is 0 Å². The number of rotatable bonds is 6. The summed E-state index contributed by atoms with van der Waals surface area (Å²) in [5.74, 6) is 1.38. The summed E-state index contributed by atoms with van der Waals surface area (Å²) in [6.45, 7) is 3.25. The third-order valence-corrected chi connectivity index (χ3v) is 7.25. The fourth-order valence-electron chi connectivity index (χ4n) is 5.83. The van der Waals surface area contributed by atoms with Gasteiger partial charge in [-0.2, -0.15) is 0 Å². The smallest absolute Gasteiger partial charge is 0.120 e. The second-order valence-corrected chi connectivity index (χ2v) is 9.53. The Bertz CT molecular complexity index is 955. The largest absolute Gasteiger partial charge is 0.512 e. The van der Waals surface area contributed by atoms with Crippen LogP contribution in [0.4, 0.5) is 0 Å². The minimum absolute atomic E-state index is 0.0422. The van der Waals surface area contributed by atoms with Gasteiger partial charge in [0.15, 0.2) is 0 Å². The van der Waals surface area contributed by atoms with Crippen LogP contribution in [0.2, 0.25) is 0 Å². The maximum atomic E-state index is 10.9. The van der Waals surface area contributed by atoms with E-state index in [0.717, 1.165) is 43.6 Å². The minimum Gasteiger partial charge on any atom is -0.512 e. The molecule has 31 heavy (non-hydrogen) atoms. The molecule has 2 aliphatic heterocycles. The van der Waals surface area contributed by atoms with Crippen LogP contribution in [-0.4, -0.2) is 34.7 Å². The molecule has 164 valence electrons. The van der Waals surface area contributed by atoms with Gasteiger partial charge in [0.25, 0.3) is 0 Å². The fraction of sp³-hybridized carbons (Fsp3) is 0.481. The zero-order chi connectivity index (χ0) is 21.4. The van der Waals surface area contributed by atoms with Crippen LogP contribution in [0.25, 0.3) is 5.57 Å². The van der Waals surface area contributed by atoms with Gasteiger partial charge in [-0.15, -0.1) is 0 Å². The van der Waals surface area contributed by atoms with E-state index < -0.39 is 0 Å². The highest BCUT2D eigenvalue weighted by Gasteiger charge is 2.43. The third-order valence-electron chi connectivity index (χ3n) is 7.25. The molecule has 1 fully saturated rings. The van der Waals surface area contributed by atoms with Crippen LogP contribution in [0.3, 0.4) is 0 Å². The number of hydrogen-bond donors (Lipinski definition) is 2. The van der Waals surface area contributed by atoms with Crippen molar-refractivity contribution in [1.82, 2.24) is 4.90 Å². The van der Waals surface area contributed by atoms with Crippen LogP contribution in [-0.2, 0) is 6.42 Å². The van der Waals surface area contributed by atoms with Crippen molar-refractivity contribution in [2.75, 3.05) is 6.54 Å². The van der Waals surface area contributed by atoms with Crippen molar-refractivity contribution in [3.8, 4) is 5.75 Å². The highest BCUT2D eigenvalue weighted by molar-refractivity contribution is 5.77. The molecule has 0 bridgehead atoms. The van der Waals surface area contributed by atoms with E-state index in [0.29, 0.717) is 18.2 Å². The van der Waals surface area contributed by atoms with Gasteiger partial charge in [0.1, 0.15) is 5.75 Å². The van der Waals surface area contributed by atoms with Crippen LogP contribution < -0.4 is 10.5 Å². The van der Waals surface area contributed by atoms with Crippen LogP contribution >= 0.6 is 0 Å². The van der Waals surface area contributed by atoms with Crippen molar-refractivity contribution in [3.63, 3.8) is 0 Å². The molecule has 0 spiro atoms. The summed E-state index contributed by atoms with van der Waals surface area (Å²) in [5.41, 5.74) is 11.3. The van der Waals surface area contributed by atoms with Gasteiger partial charge in [-0.25, -0.2) is 0 Å². The zero-order valence-electron chi connectivity index (χ0n) is 18.5. The van der Waals surface area contributed by atoms with Crippen molar-refractivity contribution in [2.24, 2.45) is 5.73 Å². The lowest BCUT2D eigenvalue weighted by molar-refractivity contribution is 0.178. The van der Waals surface area contributed by atoms with Gasteiger partial charge < -0.3 is 15.6 Å². The molecule has 4 nitrogen and oxygen atoms in total. The highest BCUT2D eigenvalue weighted by atomic mass is 16.5. The molecule has 3 aliphatic rings. The fourth-order valence-corrected chi connectivity index (χ4v) is 5.83. The number of nitrogens with zero attached hydrogens (tertiary/aromatic N) is 1. The van der Waals surface area contributed by atoms with Gasteiger partial charge in [0.2, 0.25) is 0 Å². The van der Waals surface area contributed by atoms with Crippen molar-refractivity contribution >= 4 is 5.57 Å². The van der Waals surface area contributed by atoms with Crippen molar-refractivity contribution in [3.05, 3.63) is 71.0 Å². The second kappa shape index (κ2) is 8.68. The summed E-state index contributed by atoms with van der Waals surface area (Å²) in [7, 11) is 0. The number of aliphatic hydroxyl groups is 1. The summed E-state index contributed by atoms with van der Waals surface area (Å²) in [6.07, 6.45) is 7.27. The molecule has 3 N–H and O–H groups in total. The van der Waals surface area contributed by atoms with Gasteiger partial charge in [-0.05, 0) is 80.8 Å². The van der Waals surface area contributed by atoms with E-state index in [1.165, 1.54) is 29.5 Å². The quantitative estimate of drug-likeness (QED) is 0.661. The average Bonchev–Trinajstić information content (AvgIpc) is 3.24. The second-order valence-electron chi connectivity index (χ2n) is 9.53. The molecule has 1 saturated heterocycles. The van der Waals surface area contributed by atoms with Gasteiger partial charge >= 0.3 is 0 Å². The Morgan fingerprint density at radius 3 is 2.84 bits per heavy atom. The Hall–Kier alpha value is -2.30. The van der Waals surface area contributed by atoms with E-state index in [9.17, 15) is 5.11 Å². The molecule has 2 heterocycles. The van der Waals surface area contributed by atoms with E-state index in [2.05, 4.69) is 60.4 Å². The molecule has 4 atom stereocenters. The van der Waals surface area contributed by atoms with Crippen molar-refractivity contribution in [2.45, 2.75) is 76.1 Å². The SMILES string of the molecule is CC(CCCc1ccccc1)Oc1ccc2c(c1)C1=C(O)CC(N)CC1N1CCCC21. The van der Waals surface area contributed by atoms with Crippen LogP contribution in [0.1, 0.15) is 68.2 Å². The molecule has 1 aliphatic carbocycles.